The van der Waals surface area contributed by atoms with Crippen molar-refractivity contribution in [3.05, 3.63) is 268 Å². The quantitative estimate of drug-likeness (QED) is 0.0748. The molecule has 0 radical (unpaired) electrons. The second kappa shape index (κ2) is 23.6. The molecule has 0 aliphatic carbocycles. The number of hydrogen-bond acceptors (Lipinski definition) is 3. The van der Waals surface area contributed by atoms with Gasteiger partial charge in [-0.3, -0.25) is 0 Å². The molecule has 3 heteroatoms. The van der Waals surface area contributed by atoms with Gasteiger partial charge in [-0.15, -0.1) is 0 Å². The molecule has 358 valence electrons. The molecular formula is C69H67N3. The van der Waals surface area contributed by atoms with Gasteiger partial charge in [-0.1, -0.05) is 177 Å². The SMILES string of the molecule is CCCCc1ccc(N(c2ccc(C)cc2)c2ccc(/C=C\c3ccc(N(c4ccc(C)cc4)c4ccc(/C=C/c5ccc(N(c6ccc(C)cc6)c6ccc(CCCC)cc6)cc5)cc4)cc3)cc2)cc1. The molecule has 0 aliphatic heterocycles. The van der Waals surface area contributed by atoms with Crippen LogP contribution >= 0.6 is 0 Å². The Morgan fingerprint density at radius 3 is 0.625 bits per heavy atom. The Labute approximate surface area is 429 Å². The molecule has 9 aromatic rings. The molecule has 0 fully saturated rings. The van der Waals surface area contributed by atoms with Gasteiger partial charge in [0.25, 0.3) is 0 Å². The molecule has 0 saturated carbocycles. The van der Waals surface area contributed by atoms with Gasteiger partial charge in [0.05, 0.1) is 0 Å². The molecule has 0 N–H and O–H groups in total. The van der Waals surface area contributed by atoms with Crippen LogP contribution in [0.15, 0.2) is 218 Å². The van der Waals surface area contributed by atoms with E-state index in [9.17, 15) is 0 Å². The maximum Gasteiger partial charge on any atom is 0.0462 e. The van der Waals surface area contributed by atoms with Gasteiger partial charge in [-0.25, -0.2) is 0 Å². The smallest absolute Gasteiger partial charge is 0.0462 e. The van der Waals surface area contributed by atoms with E-state index in [0.717, 1.165) is 86.3 Å². The van der Waals surface area contributed by atoms with E-state index in [2.05, 4.69) is 292 Å². The first kappa shape index (κ1) is 48.9. The molecule has 0 saturated heterocycles. The van der Waals surface area contributed by atoms with E-state index in [1.165, 1.54) is 53.5 Å². The van der Waals surface area contributed by atoms with E-state index in [0.29, 0.717) is 0 Å². The summed E-state index contributed by atoms with van der Waals surface area (Å²) >= 11 is 0. The third kappa shape index (κ3) is 12.4. The fourth-order valence-corrected chi connectivity index (χ4v) is 9.13. The Balaban J connectivity index is 0.894. The Morgan fingerprint density at radius 2 is 0.431 bits per heavy atom. The minimum absolute atomic E-state index is 1.10. The summed E-state index contributed by atoms with van der Waals surface area (Å²) in [6.45, 7) is 10.9. The van der Waals surface area contributed by atoms with E-state index in [1.807, 2.05) is 0 Å². The average Bonchev–Trinajstić information content (AvgIpc) is 3.42. The fourth-order valence-electron chi connectivity index (χ4n) is 9.13. The molecule has 0 unspecified atom stereocenters. The molecule has 72 heavy (non-hydrogen) atoms. The van der Waals surface area contributed by atoms with Gasteiger partial charge in [-0.05, 0) is 189 Å². The largest absolute Gasteiger partial charge is 0.311 e. The van der Waals surface area contributed by atoms with Crippen LogP contribution in [-0.2, 0) is 12.8 Å². The van der Waals surface area contributed by atoms with Crippen LogP contribution < -0.4 is 14.7 Å². The van der Waals surface area contributed by atoms with E-state index in [-0.39, 0.29) is 0 Å². The number of aryl methyl sites for hydroxylation is 5. The molecule has 0 spiro atoms. The Kier molecular flexibility index (Phi) is 16.0. The minimum atomic E-state index is 1.10. The molecule has 0 aliphatic rings. The van der Waals surface area contributed by atoms with E-state index < -0.39 is 0 Å². The molecule has 0 heterocycles. The van der Waals surface area contributed by atoms with Gasteiger partial charge in [0.15, 0.2) is 0 Å². The van der Waals surface area contributed by atoms with Crippen LogP contribution in [0, 0.1) is 20.8 Å². The molecule has 0 bridgehead atoms. The first-order chi connectivity index (χ1) is 35.3. The monoisotopic (exact) mass is 938 g/mol. The standard InChI is InChI=1S/C69H67N3/c1-6-8-10-55-22-40-64(41-23-55)70(61-34-12-52(3)13-35-61)66-44-26-57(27-45-66)18-20-59-30-48-68(49-31-59)72(63-38-16-54(5)17-39-63)69-50-32-60(33-51-69)21-19-58-28-46-67(47-29-58)71(62-36-14-53(4)15-37-62)65-42-24-56(25-43-65)11-9-7-2/h12-51H,6-11H2,1-5H3/b20-18-,21-19+. The van der Waals surface area contributed by atoms with Gasteiger partial charge in [0.1, 0.15) is 0 Å². The summed E-state index contributed by atoms with van der Waals surface area (Å²) in [6, 6.07) is 79.9. The first-order valence-corrected chi connectivity index (χ1v) is 25.8. The van der Waals surface area contributed by atoms with Crippen molar-refractivity contribution in [3.63, 3.8) is 0 Å². The number of hydrogen-bond donors (Lipinski definition) is 0. The van der Waals surface area contributed by atoms with Crippen molar-refractivity contribution in [1.29, 1.82) is 0 Å². The van der Waals surface area contributed by atoms with Crippen LogP contribution in [0.2, 0.25) is 0 Å². The number of rotatable bonds is 19. The molecule has 9 rings (SSSR count). The summed E-state index contributed by atoms with van der Waals surface area (Å²) in [5.74, 6) is 0. The number of benzene rings is 9. The van der Waals surface area contributed by atoms with Crippen molar-refractivity contribution >= 4 is 75.5 Å². The molecule has 0 aromatic heterocycles. The minimum Gasteiger partial charge on any atom is -0.311 e. The topological polar surface area (TPSA) is 9.72 Å². The lowest BCUT2D eigenvalue weighted by molar-refractivity contribution is 0.795. The van der Waals surface area contributed by atoms with Gasteiger partial charge >= 0.3 is 0 Å². The molecule has 0 amide bonds. The number of anilines is 9. The van der Waals surface area contributed by atoms with Crippen LogP contribution in [0.3, 0.4) is 0 Å². The lowest BCUT2D eigenvalue weighted by Crippen LogP contribution is -2.10. The molecule has 0 atom stereocenters. The average molecular weight is 938 g/mol. The van der Waals surface area contributed by atoms with Gasteiger partial charge in [-0.2, -0.15) is 0 Å². The maximum atomic E-state index is 2.34. The van der Waals surface area contributed by atoms with Gasteiger partial charge < -0.3 is 14.7 Å². The van der Waals surface area contributed by atoms with Gasteiger partial charge in [0, 0.05) is 51.2 Å². The Morgan fingerprint density at radius 1 is 0.250 bits per heavy atom. The van der Waals surface area contributed by atoms with Crippen molar-refractivity contribution in [2.24, 2.45) is 0 Å². The van der Waals surface area contributed by atoms with E-state index >= 15 is 0 Å². The van der Waals surface area contributed by atoms with Crippen LogP contribution in [0.1, 0.15) is 89.6 Å². The highest BCUT2D eigenvalue weighted by molar-refractivity contribution is 5.82. The predicted molar refractivity (Wildman–Crippen MR) is 313 cm³/mol. The highest BCUT2D eigenvalue weighted by Gasteiger charge is 2.16. The maximum absolute atomic E-state index is 2.34. The summed E-state index contributed by atoms with van der Waals surface area (Å²) in [4.78, 5) is 7.01. The van der Waals surface area contributed by atoms with Gasteiger partial charge in [0.2, 0.25) is 0 Å². The third-order valence-corrected chi connectivity index (χ3v) is 13.4. The van der Waals surface area contributed by atoms with Crippen molar-refractivity contribution in [2.75, 3.05) is 14.7 Å². The van der Waals surface area contributed by atoms with Crippen LogP contribution in [0.25, 0.3) is 24.3 Å². The number of unbranched alkanes of at least 4 members (excludes halogenated alkanes) is 2. The second-order valence-electron chi connectivity index (χ2n) is 19.1. The zero-order chi connectivity index (χ0) is 49.7. The zero-order valence-electron chi connectivity index (χ0n) is 42.7. The zero-order valence-corrected chi connectivity index (χ0v) is 42.7. The van der Waals surface area contributed by atoms with Crippen molar-refractivity contribution < 1.29 is 0 Å². The van der Waals surface area contributed by atoms with Crippen LogP contribution in [0.4, 0.5) is 51.2 Å². The number of nitrogens with zero attached hydrogens (tertiary/aromatic N) is 3. The summed E-state index contributed by atoms with van der Waals surface area (Å²) < 4.78 is 0. The second-order valence-corrected chi connectivity index (χ2v) is 19.1. The highest BCUT2D eigenvalue weighted by Crippen LogP contribution is 2.38. The first-order valence-electron chi connectivity index (χ1n) is 25.8. The van der Waals surface area contributed by atoms with Crippen LogP contribution in [-0.4, -0.2) is 0 Å². The Hall–Kier alpha value is -8.14. The lowest BCUT2D eigenvalue weighted by Gasteiger charge is -2.26. The molecule has 9 aromatic carbocycles. The summed E-state index contributed by atoms with van der Waals surface area (Å²) in [5.41, 5.74) is 21.3. The summed E-state index contributed by atoms with van der Waals surface area (Å²) in [5, 5.41) is 0. The molecule has 3 nitrogen and oxygen atoms in total. The molecular weight excluding hydrogens is 871 g/mol. The van der Waals surface area contributed by atoms with Crippen molar-refractivity contribution in [2.45, 2.75) is 73.1 Å². The normalized spacial score (nSPS) is 11.3. The summed E-state index contributed by atoms with van der Waals surface area (Å²) in [6.07, 6.45) is 15.9. The Bertz CT molecular complexity index is 2950. The van der Waals surface area contributed by atoms with Crippen molar-refractivity contribution in [3.8, 4) is 0 Å². The third-order valence-electron chi connectivity index (χ3n) is 13.4. The van der Waals surface area contributed by atoms with E-state index in [4.69, 9.17) is 0 Å². The lowest BCUT2D eigenvalue weighted by atomic mass is 10.1. The predicted octanol–water partition coefficient (Wildman–Crippen LogP) is 20.0. The fraction of sp³-hybridized carbons (Fsp3) is 0.159. The van der Waals surface area contributed by atoms with Crippen LogP contribution in [0.5, 0.6) is 0 Å². The highest BCUT2D eigenvalue weighted by atomic mass is 15.2. The van der Waals surface area contributed by atoms with Crippen molar-refractivity contribution in [1.82, 2.24) is 0 Å². The summed E-state index contributed by atoms with van der Waals surface area (Å²) in [7, 11) is 0. The van der Waals surface area contributed by atoms with E-state index in [1.54, 1.807) is 0 Å².